The van der Waals surface area contributed by atoms with Crippen LogP contribution in [0.1, 0.15) is 30.3 Å². The molecule has 1 atom stereocenters. The molecule has 1 aromatic heterocycles. The molecule has 118 valence electrons. The van der Waals surface area contributed by atoms with Crippen molar-refractivity contribution in [3.63, 3.8) is 0 Å². The second kappa shape index (κ2) is 5.67. The number of nitrogens with zero attached hydrogens (tertiary/aromatic N) is 2. The Hall–Kier alpha value is -1.57. The maximum atomic E-state index is 13.5. The number of nitrogens with one attached hydrogen (secondary N) is 1. The molecule has 1 unspecified atom stereocenters. The number of methoxy groups -OCH3 is 1. The second-order valence-corrected chi connectivity index (χ2v) is 5.12. The molecule has 1 fully saturated rings. The van der Waals surface area contributed by atoms with Gasteiger partial charge in [0.2, 0.25) is 5.78 Å². The Labute approximate surface area is 120 Å². The largest absolute Gasteiger partial charge is 0.493 e. The van der Waals surface area contributed by atoms with Gasteiger partial charge in [0.25, 0.3) is 0 Å². The maximum absolute atomic E-state index is 13.5. The van der Waals surface area contributed by atoms with Crippen molar-refractivity contribution in [3.05, 3.63) is 11.9 Å². The number of Topliss-reactive ketones (excluding diaryl/α,β-unsaturated/α-hetero) is 1. The highest BCUT2D eigenvalue weighted by molar-refractivity contribution is 6.02. The predicted molar refractivity (Wildman–Crippen MR) is 69.4 cm³/mol. The van der Waals surface area contributed by atoms with Crippen LogP contribution in [-0.4, -0.2) is 41.9 Å². The van der Waals surface area contributed by atoms with Crippen molar-refractivity contribution in [2.45, 2.75) is 32.5 Å². The molecule has 0 spiro atoms. The first-order chi connectivity index (χ1) is 9.87. The zero-order chi connectivity index (χ0) is 15.7. The molecule has 1 N–H and O–H groups in total. The highest BCUT2D eigenvalue weighted by Crippen LogP contribution is 2.46. The lowest BCUT2D eigenvalue weighted by Gasteiger charge is -2.29. The third-order valence-electron chi connectivity index (χ3n) is 3.81. The molecule has 0 saturated carbocycles. The van der Waals surface area contributed by atoms with E-state index < -0.39 is 23.9 Å². The van der Waals surface area contributed by atoms with E-state index >= 15 is 0 Å². The number of halogens is 3. The number of rotatable bonds is 5. The van der Waals surface area contributed by atoms with Crippen molar-refractivity contribution in [1.29, 1.82) is 0 Å². The molecule has 1 aliphatic rings. The van der Waals surface area contributed by atoms with Crippen molar-refractivity contribution < 1.29 is 22.7 Å². The molecule has 2 rings (SSSR count). The average Bonchev–Trinajstić information content (AvgIpc) is 3.04. The van der Waals surface area contributed by atoms with Crippen LogP contribution in [0.3, 0.4) is 0 Å². The van der Waals surface area contributed by atoms with Gasteiger partial charge < -0.3 is 10.1 Å². The summed E-state index contributed by atoms with van der Waals surface area (Å²) in [5.74, 6) is -0.883. The molecule has 0 bridgehead atoms. The number of ether oxygens (including phenoxy) is 1. The summed E-state index contributed by atoms with van der Waals surface area (Å²) in [5.41, 5.74) is -2.49. The predicted octanol–water partition coefficient (Wildman–Crippen LogP) is 2.03. The van der Waals surface area contributed by atoms with Crippen LogP contribution in [0.5, 0.6) is 5.75 Å². The van der Waals surface area contributed by atoms with Gasteiger partial charge in [-0.05, 0) is 19.4 Å². The van der Waals surface area contributed by atoms with Crippen LogP contribution in [0.25, 0.3) is 0 Å². The van der Waals surface area contributed by atoms with Gasteiger partial charge in [-0.15, -0.1) is 0 Å². The van der Waals surface area contributed by atoms with Crippen molar-refractivity contribution in [2.75, 3.05) is 20.2 Å². The number of hydrogen-bond donors (Lipinski definition) is 1. The van der Waals surface area contributed by atoms with Crippen LogP contribution in [0.15, 0.2) is 6.20 Å². The standard InChI is InChI=1S/C13H18F3N3O2/c1-3-6-19-10(9(21-2)7-18-19)11(20)12(13(14,15)16)4-5-17-8-12/h7,17H,3-6,8H2,1-2H3. The van der Waals surface area contributed by atoms with Crippen molar-refractivity contribution in [2.24, 2.45) is 5.41 Å². The molecule has 1 aliphatic heterocycles. The van der Waals surface area contributed by atoms with Gasteiger partial charge in [-0.2, -0.15) is 18.3 Å². The Morgan fingerprint density at radius 1 is 1.57 bits per heavy atom. The summed E-state index contributed by atoms with van der Waals surface area (Å²) in [5, 5.41) is 6.61. The lowest BCUT2D eigenvalue weighted by Crippen LogP contribution is -2.47. The molecule has 0 aromatic carbocycles. The molecule has 21 heavy (non-hydrogen) atoms. The molecule has 0 radical (unpaired) electrons. The Bertz CT molecular complexity index is 519. The van der Waals surface area contributed by atoms with Gasteiger partial charge in [0.1, 0.15) is 11.1 Å². The summed E-state index contributed by atoms with van der Waals surface area (Å²) in [7, 11) is 1.32. The van der Waals surface area contributed by atoms with E-state index in [0.717, 1.165) is 0 Å². The minimum Gasteiger partial charge on any atom is -0.493 e. The van der Waals surface area contributed by atoms with Gasteiger partial charge in [0, 0.05) is 13.1 Å². The molecule has 1 saturated heterocycles. The topological polar surface area (TPSA) is 56.2 Å². The molecule has 5 nitrogen and oxygen atoms in total. The van der Waals surface area contributed by atoms with E-state index in [0.29, 0.717) is 13.0 Å². The van der Waals surface area contributed by atoms with Crippen LogP contribution < -0.4 is 10.1 Å². The van der Waals surface area contributed by atoms with Crippen LogP contribution >= 0.6 is 0 Å². The zero-order valence-corrected chi connectivity index (χ0v) is 12.0. The Morgan fingerprint density at radius 3 is 2.76 bits per heavy atom. The van der Waals surface area contributed by atoms with E-state index in [9.17, 15) is 18.0 Å². The number of carbonyl (C=O) groups is 1. The van der Waals surface area contributed by atoms with E-state index in [1.54, 1.807) is 0 Å². The van der Waals surface area contributed by atoms with Gasteiger partial charge in [-0.3, -0.25) is 9.48 Å². The highest BCUT2D eigenvalue weighted by Gasteiger charge is 2.62. The van der Waals surface area contributed by atoms with Crippen LogP contribution in [0, 0.1) is 5.41 Å². The smallest absolute Gasteiger partial charge is 0.403 e. The van der Waals surface area contributed by atoms with Gasteiger partial charge in [-0.1, -0.05) is 6.92 Å². The highest BCUT2D eigenvalue weighted by atomic mass is 19.4. The summed E-state index contributed by atoms with van der Waals surface area (Å²) in [6.45, 7) is 1.98. The number of aromatic nitrogens is 2. The van der Waals surface area contributed by atoms with E-state index in [-0.39, 0.29) is 24.4 Å². The average molecular weight is 305 g/mol. The summed E-state index contributed by atoms with van der Waals surface area (Å²) in [6.07, 6.45) is -2.94. The van der Waals surface area contributed by atoms with E-state index in [1.165, 1.54) is 18.0 Å². The first kappa shape index (κ1) is 15.8. The van der Waals surface area contributed by atoms with Gasteiger partial charge in [0.05, 0.1) is 13.3 Å². The Kier molecular flexibility index (Phi) is 4.27. The van der Waals surface area contributed by atoms with Gasteiger partial charge >= 0.3 is 6.18 Å². The maximum Gasteiger partial charge on any atom is 0.403 e. The molecule has 8 heteroatoms. The van der Waals surface area contributed by atoms with Crippen LogP contribution in [-0.2, 0) is 6.54 Å². The lowest BCUT2D eigenvalue weighted by atomic mass is 9.80. The Morgan fingerprint density at radius 2 is 2.29 bits per heavy atom. The van der Waals surface area contributed by atoms with Gasteiger partial charge in [0.15, 0.2) is 5.75 Å². The fourth-order valence-electron chi connectivity index (χ4n) is 2.61. The first-order valence-electron chi connectivity index (χ1n) is 6.79. The number of hydrogen-bond acceptors (Lipinski definition) is 4. The molecular formula is C13H18F3N3O2. The molecule has 1 aromatic rings. The van der Waals surface area contributed by atoms with E-state index in [2.05, 4.69) is 10.4 Å². The third-order valence-corrected chi connectivity index (χ3v) is 3.81. The minimum atomic E-state index is -4.61. The fourth-order valence-corrected chi connectivity index (χ4v) is 2.61. The molecule has 2 heterocycles. The summed E-state index contributed by atoms with van der Waals surface area (Å²) in [4.78, 5) is 12.7. The van der Waals surface area contributed by atoms with Crippen molar-refractivity contribution >= 4 is 5.78 Å². The van der Waals surface area contributed by atoms with E-state index in [1.807, 2.05) is 6.92 Å². The number of carbonyl (C=O) groups excluding carboxylic acids is 1. The normalized spacial score (nSPS) is 22.5. The molecule has 0 aliphatic carbocycles. The number of aryl methyl sites for hydroxylation is 1. The minimum absolute atomic E-state index is 0.0870. The fraction of sp³-hybridized carbons (Fsp3) is 0.692. The molecule has 0 amide bonds. The first-order valence-corrected chi connectivity index (χ1v) is 6.79. The second-order valence-electron chi connectivity index (χ2n) is 5.12. The van der Waals surface area contributed by atoms with Crippen molar-refractivity contribution in [3.8, 4) is 5.75 Å². The summed E-state index contributed by atoms with van der Waals surface area (Å²) < 4.78 is 46.8. The van der Waals surface area contributed by atoms with Gasteiger partial charge in [-0.25, -0.2) is 0 Å². The monoisotopic (exact) mass is 305 g/mol. The zero-order valence-electron chi connectivity index (χ0n) is 12.0. The quantitative estimate of drug-likeness (QED) is 0.846. The number of ketones is 1. The van der Waals surface area contributed by atoms with Crippen molar-refractivity contribution in [1.82, 2.24) is 15.1 Å². The molecular weight excluding hydrogens is 287 g/mol. The summed E-state index contributed by atoms with van der Waals surface area (Å²) >= 11 is 0. The third kappa shape index (κ3) is 2.52. The van der Waals surface area contributed by atoms with E-state index in [4.69, 9.17) is 4.74 Å². The Balaban J connectivity index is 2.49. The van der Waals surface area contributed by atoms with Crippen LogP contribution in [0.4, 0.5) is 13.2 Å². The van der Waals surface area contributed by atoms with Crippen LogP contribution in [0.2, 0.25) is 0 Å². The lowest BCUT2D eigenvalue weighted by molar-refractivity contribution is -0.197. The SMILES string of the molecule is CCCn1ncc(OC)c1C(=O)C1(C(F)(F)F)CCNC1. The number of alkyl halides is 3. The summed E-state index contributed by atoms with van der Waals surface area (Å²) in [6, 6.07) is 0.